The summed E-state index contributed by atoms with van der Waals surface area (Å²) >= 11 is 9.53. The molecule has 42 valence electrons. The van der Waals surface area contributed by atoms with Gasteiger partial charge in [-0.2, -0.15) is 5.26 Å². The van der Waals surface area contributed by atoms with E-state index in [0.29, 0.717) is 6.42 Å². The molecule has 0 N–H and O–H groups in total. The summed E-state index contributed by atoms with van der Waals surface area (Å²) in [6, 6.07) is 1.93. The summed E-state index contributed by atoms with van der Waals surface area (Å²) in [7, 11) is 0. The first-order chi connectivity index (χ1) is 3.33. The third kappa shape index (κ3) is 87.8. The monoisotopic (exact) mass is 139 g/mol. The van der Waals surface area contributed by atoms with Crippen molar-refractivity contribution in [3.8, 4) is 6.07 Å². The van der Waals surface area contributed by atoms with Crippen LogP contribution in [-0.4, -0.2) is 5.34 Å². The molecule has 0 spiro atoms. The summed E-state index contributed by atoms with van der Waals surface area (Å²) in [5.41, 5.74) is 0. The molecule has 0 heterocycles. The second-order valence-corrected chi connectivity index (χ2v) is 1.42. The fourth-order valence-corrected chi connectivity index (χ4v) is 0. The zero-order valence-corrected chi connectivity index (χ0v) is 5.63. The molecule has 0 aromatic rings. The van der Waals surface area contributed by atoms with Crippen LogP contribution in [0.1, 0.15) is 13.3 Å². The fraction of sp³-hybridized carbons (Fsp3) is 0.750. The standard InChI is InChI=1S/C3H5N.CH2Cl2/c1-2-3-4;2-1-3/h2H2,1H3;1H2. The molecule has 0 aliphatic carbocycles. The molecule has 0 fully saturated rings. The smallest absolute Gasteiger partial charge is 0.0967 e. The van der Waals surface area contributed by atoms with Crippen LogP contribution in [0.4, 0.5) is 0 Å². The Balaban J connectivity index is 0. The number of nitrogens with zero attached hydrogens (tertiary/aromatic N) is 1. The average molecular weight is 140 g/mol. The van der Waals surface area contributed by atoms with Gasteiger partial charge in [0.05, 0.1) is 11.4 Å². The molecule has 0 saturated carbocycles. The van der Waals surface area contributed by atoms with Crippen molar-refractivity contribution in [2.45, 2.75) is 13.3 Å². The van der Waals surface area contributed by atoms with Gasteiger partial charge in [-0.05, 0) is 0 Å². The Morgan fingerprint density at radius 3 is 1.71 bits per heavy atom. The number of hydrogen-bond acceptors (Lipinski definition) is 1. The van der Waals surface area contributed by atoms with Gasteiger partial charge in [-0.3, -0.25) is 0 Å². The van der Waals surface area contributed by atoms with E-state index in [0.717, 1.165) is 0 Å². The van der Waals surface area contributed by atoms with Crippen molar-refractivity contribution in [1.29, 1.82) is 5.26 Å². The minimum Gasteiger partial charge on any atom is -0.198 e. The van der Waals surface area contributed by atoms with Gasteiger partial charge in [-0.15, -0.1) is 23.2 Å². The highest BCUT2D eigenvalue weighted by atomic mass is 35.5. The maximum atomic E-state index is 7.62. The maximum absolute atomic E-state index is 7.62. The molecule has 0 saturated heterocycles. The van der Waals surface area contributed by atoms with Gasteiger partial charge in [0.2, 0.25) is 0 Å². The van der Waals surface area contributed by atoms with Crippen molar-refractivity contribution in [2.24, 2.45) is 0 Å². The van der Waals surface area contributed by atoms with Crippen molar-refractivity contribution in [1.82, 2.24) is 0 Å². The summed E-state index contributed by atoms with van der Waals surface area (Å²) in [6.07, 6.45) is 0.625. The first-order valence-corrected chi connectivity index (χ1v) is 2.89. The Morgan fingerprint density at radius 2 is 1.71 bits per heavy atom. The molecule has 0 atom stereocenters. The van der Waals surface area contributed by atoms with Gasteiger partial charge < -0.3 is 0 Å². The quantitative estimate of drug-likeness (QED) is 0.473. The van der Waals surface area contributed by atoms with E-state index < -0.39 is 0 Å². The molecule has 0 radical (unpaired) electrons. The number of alkyl halides is 2. The van der Waals surface area contributed by atoms with E-state index in [1.807, 2.05) is 13.0 Å². The van der Waals surface area contributed by atoms with Gasteiger partial charge in [0.15, 0.2) is 0 Å². The Bertz CT molecular complexity index is 48.1. The molecule has 7 heavy (non-hydrogen) atoms. The number of hydrogen-bond donors (Lipinski definition) is 0. The average Bonchev–Trinajstić information content (AvgIpc) is 1.69. The summed E-state index contributed by atoms with van der Waals surface area (Å²) in [5, 5.41) is 7.82. The SMILES string of the molecule is CCC#N.ClCCl. The summed E-state index contributed by atoms with van der Waals surface area (Å²) < 4.78 is 0. The van der Waals surface area contributed by atoms with Crippen LogP contribution >= 0.6 is 23.2 Å². The molecule has 0 aromatic heterocycles. The predicted molar refractivity (Wildman–Crippen MR) is 32.5 cm³/mol. The van der Waals surface area contributed by atoms with Gasteiger partial charge in [0, 0.05) is 6.42 Å². The van der Waals surface area contributed by atoms with E-state index >= 15 is 0 Å². The molecular weight excluding hydrogens is 133 g/mol. The van der Waals surface area contributed by atoms with Gasteiger partial charge in [0.1, 0.15) is 0 Å². The molecule has 0 aliphatic heterocycles. The van der Waals surface area contributed by atoms with Crippen molar-refractivity contribution in [2.75, 3.05) is 5.34 Å². The molecule has 0 rings (SSSR count). The second-order valence-electron chi connectivity index (χ2n) is 0.613. The van der Waals surface area contributed by atoms with Crippen LogP contribution in [0.25, 0.3) is 0 Å². The van der Waals surface area contributed by atoms with Crippen molar-refractivity contribution < 1.29 is 0 Å². The summed E-state index contributed by atoms with van der Waals surface area (Å²) in [4.78, 5) is 0. The maximum Gasteiger partial charge on any atom is 0.0967 e. The number of rotatable bonds is 0. The zero-order chi connectivity index (χ0) is 6.12. The molecule has 1 nitrogen and oxygen atoms in total. The highest BCUT2D eigenvalue weighted by molar-refractivity contribution is 6.40. The van der Waals surface area contributed by atoms with Crippen LogP contribution < -0.4 is 0 Å². The van der Waals surface area contributed by atoms with Gasteiger partial charge in [-0.25, -0.2) is 0 Å². The molecule has 0 amide bonds. The summed E-state index contributed by atoms with van der Waals surface area (Å²) in [6.45, 7) is 1.82. The predicted octanol–water partition coefficient (Wildman–Crippen LogP) is 2.34. The highest BCUT2D eigenvalue weighted by Crippen LogP contribution is 1.73. The molecule has 0 unspecified atom stereocenters. The van der Waals surface area contributed by atoms with Crippen molar-refractivity contribution in [3.05, 3.63) is 0 Å². The third-order valence-corrected chi connectivity index (χ3v) is 0.158. The minimum absolute atomic E-state index is 0.194. The lowest BCUT2D eigenvalue weighted by atomic mass is 10.6. The third-order valence-electron chi connectivity index (χ3n) is 0.158. The van der Waals surface area contributed by atoms with Crippen LogP contribution in [0.5, 0.6) is 0 Å². The van der Waals surface area contributed by atoms with Crippen molar-refractivity contribution >= 4 is 23.2 Å². The Morgan fingerprint density at radius 1 is 1.57 bits per heavy atom. The van der Waals surface area contributed by atoms with E-state index in [1.54, 1.807) is 0 Å². The molecule has 0 bridgehead atoms. The lowest BCUT2D eigenvalue weighted by Crippen LogP contribution is -1.38. The van der Waals surface area contributed by atoms with E-state index in [1.165, 1.54) is 0 Å². The van der Waals surface area contributed by atoms with Gasteiger partial charge >= 0.3 is 0 Å². The van der Waals surface area contributed by atoms with E-state index in [-0.39, 0.29) is 5.34 Å². The van der Waals surface area contributed by atoms with Crippen LogP contribution in [0, 0.1) is 11.3 Å². The fourth-order valence-electron chi connectivity index (χ4n) is 0. The van der Waals surface area contributed by atoms with E-state index in [4.69, 9.17) is 28.5 Å². The normalized spacial score (nSPS) is 5.43. The first kappa shape index (κ1) is 10.1. The first-order valence-electron chi connectivity index (χ1n) is 1.82. The number of nitriles is 1. The Kier molecular flexibility index (Phi) is 24.0. The van der Waals surface area contributed by atoms with Crippen LogP contribution in [-0.2, 0) is 0 Å². The van der Waals surface area contributed by atoms with Crippen LogP contribution in [0.2, 0.25) is 0 Å². The minimum atomic E-state index is 0.194. The van der Waals surface area contributed by atoms with Crippen LogP contribution in [0.3, 0.4) is 0 Å². The number of halogens is 2. The highest BCUT2D eigenvalue weighted by Gasteiger charge is 1.49. The topological polar surface area (TPSA) is 23.8 Å². The molecule has 0 aromatic carbocycles. The second kappa shape index (κ2) is 16.6. The summed E-state index contributed by atoms with van der Waals surface area (Å²) in [5.74, 6) is 0. The molecule has 0 aliphatic rings. The van der Waals surface area contributed by atoms with E-state index in [2.05, 4.69) is 0 Å². The van der Waals surface area contributed by atoms with Crippen molar-refractivity contribution in [3.63, 3.8) is 0 Å². The Labute approximate surface area is 53.8 Å². The van der Waals surface area contributed by atoms with Crippen LogP contribution in [0.15, 0.2) is 0 Å². The zero-order valence-electron chi connectivity index (χ0n) is 4.12. The largest absolute Gasteiger partial charge is 0.198 e. The van der Waals surface area contributed by atoms with E-state index in [9.17, 15) is 0 Å². The molecular formula is C4H7Cl2N. The van der Waals surface area contributed by atoms with Gasteiger partial charge in [0.25, 0.3) is 0 Å². The Hall–Kier alpha value is 0.0700. The molecule has 3 heteroatoms. The van der Waals surface area contributed by atoms with Gasteiger partial charge in [-0.1, -0.05) is 6.92 Å². The lowest BCUT2D eigenvalue weighted by Gasteiger charge is -1.47. The lowest BCUT2D eigenvalue weighted by molar-refractivity contribution is 1.22.